The second-order valence-electron chi connectivity index (χ2n) is 10.8. The minimum atomic E-state index is -1.14. The summed E-state index contributed by atoms with van der Waals surface area (Å²) in [6.07, 6.45) is 3.16. The van der Waals surface area contributed by atoms with Crippen LogP contribution in [0.2, 0.25) is 0 Å². The van der Waals surface area contributed by atoms with Gasteiger partial charge in [-0.1, -0.05) is 0 Å². The van der Waals surface area contributed by atoms with Crippen LogP contribution in [0.15, 0.2) is 12.3 Å². The fourth-order valence-electron chi connectivity index (χ4n) is 5.68. The molecule has 6 atom stereocenters. The van der Waals surface area contributed by atoms with Gasteiger partial charge in [-0.05, 0) is 59.4 Å². The zero-order valence-electron chi connectivity index (χ0n) is 21.9. The first-order valence-electron chi connectivity index (χ1n) is 12.8. The Kier molecular flexibility index (Phi) is 7.10. The number of hydrogen-bond acceptors (Lipinski definition) is 11. The molecule has 0 aliphatic heterocycles. The number of ether oxygens (including phenoxy) is 1. The monoisotopic (exact) mass is 528 g/mol. The molecule has 0 amide bonds. The number of nitrogens with one attached hydrogen (secondary N) is 2. The van der Waals surface area contributed by atoms with E-state index >= 15 is 0 Å². The third-order valence-corrected chi connectivity index (χ3v) is 8.81. The van der Waals surface area contributed by atoms with Crippen molar-refractivity contribution in [1.82, 2.24) is 19.9 Å². The molecule has 2 fully saturated rings. The summed E-state index contributed by atoms with van der Waals surface area (Å²) in [5.74, 6) is 0.518. The third-order valence-electron chi connectivity index (χ3n) is 7.78. The number of aromatic nitrogens is 4. The van der Waals surface area contributed by atoms with E-state index in [4.69, 9.17) is 19.7 Å². The molecule has 10 nitrogen and oxygen atoms in total. The lowest BCUT2D eigenvalue weighted by Gasteiger charge is -2.28. The second-order valence-corrected chi connectivity index (χ2v) is 11.8. The Morgan fingerprint density at radius 2 is 1.81 bits per heavy atom. The van der Waals surface area contributed by atoms with E-state index in [0.29, 0.717) is 18.2 Å². The average Bonchev–Trinajstić information content (AvgIpc) is 3.53. The molecule has 1 unspecified atom stereocenters. The van der Waals surface area contributed by atoms with E-state index in [0.717, 1.165) is 51.4 Å². The van der Waals surface area contributed by atoms with Gasteiger partial charge in [0, 0.05) is 19.2 Å². The summed E-state index contributed by atoms with van der Waals surface area (Å²) >= 11 is 1.54. The molecular weight excluding hydrogens is 492 g/mol. The van der Waals surface area contributed by atoms with E-state index in [-0.39, 0.29) is 12.1 Å². The van der Waals surface area contributed by atoms with Gasteiger partial charge >= 0.3 is 0 Å². The highest BCUT2D eigenvalue weighted by Gasteiger charge is 2.48. The standard InChI is InChI=1S/C26H36N6O4S/c1-12-19(24-31-20-13(2)27-10-9-18(20)37-24)23(29-16-11-14(26(3,4)35)21(33)22(16)34)32-25(28-12)30-15-7-6-8-17(15)36-5/h9-10,14-17,21-22,33-35H,6-8,11H2,1-5H3,(H2,28,29,30,32)/t14-,15-,16?,17+,21+,22-/m0/s1. The van der Waals surface area contributed by atoms with Crippen molar-refractivity contribution in [1.29, 1.82) is 0 Å². The smallest absolute Gasteiger partial charge is 0.225 e. The second kappa shape index (κ2) is 10.0. The largest absolute Gasteiger partial charge is 0.390 e. The number of nitrogens with zero attached hydrogens (tertiary/aromatic N) is 4. The van der Waals surface area contributed by atoms with E-state index in [9.17, 15) is 15.3 Å². The lowest BCUT2D eigenvalue weighted by Crippen LogP contribution is -2.40. The molecule has 0 bridgehead atoms. The van der Waals surface area contributed by atoms with E-state index in [1.54, 1.807) is 27.2 Å². The Balaban J connectivity index is 1.55. The van der Waals surface area contributed by atoms with Crippen molar-refractivity contribution in [3.63, 3.8) is 0 Å². The van der Waals surface area contributed by atoms with E-state index in [2.05, 4.69) is 15.6 Å². The lowest BCUT2D eigenvalue weighted by atomic mass is 9.88. The first-order chi connectivity index (χ1) is 17.6. The van der Waals surface area contributed by atoms with Crippen LogP contribution >= 0.6 is 11.3 Å². The van der Waals surface area contributed by atoms with Gasteiger partial charge in [0.1, 0.15) is 22.4 Å². The number of methoxy groups -OCH3 is 1. The number of thiazole rings is 1. The SMILES string of the molecule is CO[C@@H]1CCC[C@@H]1Nc1nc(C)c(-c2nc3c(C)nccc3s2)c(NC2C[C@H](C(C)(C)O)[C@@H](O)[C@H]2O)n1. The molecule has 0 radical (unpaired) electrons. The van der Waals surface area contributed by atoms with E-state index in [1.165, 1.54) is 11.3 Å². The van der Waals surface area contributed by atoms with Crippen LogP contribution in [0.1, 0.15) is 50.9 Å². The van der Waals surface area contributed by atoms with Crippen LogP contribution in [-0.2, 0) is 4.74 Å². The van der Waals surface area contributed by atoms with Crippen LogP contribution < -0.4 is 10.6 Å². The van der Waals surface area contributed by atoms with Crippen LogP contribution in [0.5, 0.6) is 0 Å². The van der Waals surface area contributed by atoms with Gasteiger partial charge < -0.3 is 30.7 Å². The summed E-state index contributed by atoms with van der Waals surface area (Å²) in [5, 5.41) is 39.7. The van der Waals surface area contributed by atoms with Gasteiger partial charge in [0.2, 0.25) is 5.95 Å². The molecular formula is C26H36N6O4S. The Bertz CT molecular complexity index is 1280. The highest BCUT2D eigenvalue weighted by Crippen LogP contribution is 2.40. The molecule has 200 valence electrons. The van der Waals surface area contributed by atoms with Crippen molar-refractivity contribution in [2.45, 2.75) is 89.4 Å². The molecule has 2 saturated carbocycles. The predicted molar refractivity (Wildman–Crippen MR) is 144 cm³/mol. The minimum absolute atomic E-state index is 0.0964. The van der Waals surface area contributed by atoms with Gasteiger partial charge in [0.15, 0.2) is 0 Å². The lowest BCUT2D eigenvalue weighted by molar-refractivity contribution is -0.0601. The van der Waals surface area contributed by atoms with Crippen LogP contribution in [0.25, 0.3) is 20.8 Å². The Morgan fingerprint density at radius 3 is 2.49 bits per heavy atom. The molecule has 3 heterocycles. The van der Waals surface area contributed by atoms with Crippen molar-refractivity contribution >= 4 is 33.3 Å². The maximum Gasteiger partial charge on any atom is 0.225 e. The maximum atomic E-state index is 10.9. The number of anilines is 2. The molecule has 2 aliphatic rings. The molecule has 0 aromatic carbocycles. The number of hydrogen-bond donors (Lipinski definition) is 5. The first kappa shape index (κ1) is 26.2. The van der Waals surface area contributed by atoms with Crippen molar-refractivity contribution in [3.05, 3.63) is 23.7 Å². The van der Waals surface area contributed by atoms with Crippen LogP contribution in [0, 0.1) is 19.8 Å². The quantitative estimate of drug-likeness (QED) is 0.310. The molecule has 5 N–H and O–H groups in total. The van der Waals surface area contributed by atoms with Gasteiger partial charge in [-0.15, -0.1) is 11.3 Å². The average molecular weight is 529 g/mol. The zero-order valence-corrected chi connectivity index (χ0v) is 22.7. The van der Waals surface area contributed by atoms with Gasteiger partial charge in [0.25, 0.3) is 0 Å². The van der Waals surface area contributed by atoms with Gasteiger partial charge in [-0.25, -0.2) is 9.97 Å². The van der Waals surface area contributed by atoms with Crippen molar-refractivity contribution in [2.75, 3.05) is 17.7 Å². The zero-order chi connectivity index (χ0) is 26.5. The number of rotatable bonds is 7. The summed E-state index contributed by atoms with van der Waals surface area (Å²) in [7, 11) is 1.72. The number of aryl methyl sites for hydroxylation is 2. The van der Waals surface area contributed by atoms with Crippen molar-refractivity contribution < 1.29 is 20.1 Å². The molecule has 3 aromatic heterocycles. The van der Waals surface area contributed by atoms with Crippen LogP contribution in [-0.4, -0.2) is 78.4 Å². The summed E-state index contributed by atoms with van der Waals surface area (Å²) in [4.78, 5) is 18.9. The van der Waals surface area contributed by atoms with E-state index < -0.39 is 29.8 Å². The van der Waals surface area contributed by atoms with E-state index in [1.807, 2.05) is 19.9 Å². The number of fused-ring (bicyclic) bond motifs is 1. The summed E-state index contributed by atoms with van der Waals surface area (Å²) < 4.78 is 6.66. The van der Waals surface area contributed by atoms with Gasteiger partial charge in [0.05, 0.1) is 51.5 Å². The number of pyridine rings is 1. The van der Waals surface area contributed by atoms with Gasteiger partial charge in [-0.3, -0.25) is 4.98 Å². The molecule has 0 saturated heterocycles. The fourth-order valence-corrected chi connectivity index (χ4v) is 6.79. The predicted octanol–water partition coefficient (Wildman–Crippen LogP) is 3.04. The summed E-state index contributed by atoms with van der Waals surface area (Å²) in [6, 6.07) is 1.54. The maximum absolute atomic E-state index is 10.9. The van der Waals surface area contributed by atoms with Crippen LogP contribution in [0.4, 0.5) is 11.8 Å². The molecule has 11 heteroatoms. The Hall–Kier alpha value is -2.44. The minimum Gasteiger partial charge on any atom is -0.390 e. The number of aliphatic hydroxyl groups excluding tert-OH is 2. The Labute approximate surface area is 220 Å². The first-order valence-corrected chi connectivity index (χ1v) is 13.6. The summed E-state index contributed by atoms with van der Waals surface area (Å²) in [5.41, 5.74) is 2.03. The highest BCUT2D eigenvalue weighted by molar-refractivity contribution is 7.21. The molecule has 3 aromatic rings. The van der Waals surface area contributed by atoms with Crippen LogP contribution in [0.3, 0.4) is 0 Å². The summed E-state index contributed by atoms with van der Waals surface area (Å²) in [6.45, 7) is 7.17. The molecule has 2 aliphatic carbocycles. The van der Waals surface area contributed by atoms with Crippen molar-refractivity contribution in [3.8, 4) is 10.6 Å². The molecule has 0 spiro atoms. The Morgan fingerprint density at radius 1 is 1.03 bits per heavy atom. The number of aliphatic hydroxyl groups is 3. The van der Waals surface area contributed by atoms with Crippen molar-refractivity contribution in [2.24, 2.45) is 5.92 Å². The molecule has 5 rings (SSSR count). The molecule has 37 heavy (non-hydrogen) atoms. The third kappa shape index (κ3) is 5.03. The highest BCUT2D eigenvalue weighted by atomic mass is 32.1. The normalized spacial score (nSPS) is 28.2. The fraction of sp³-hybridized carbons (Fsp3) is 0.615. The topological polar surface area (TPSA) is 146 Å². The van der Waals surface area contributed by atoms with Gasteiger partial charge in [-0.2, -0.15) is 4.98 Å².